The van der Waals surface area contributed by atoms with Crippen molar-refractivity contribution in [3.63, 3.8) is 0 Å². The molecule has 1 aliphatic rings. The first-order valence-electron chi connectivity index (χ1n) is 31.4. The second kappa shape index (κ2) is 24.7. The average molecular weight is 1160 g/mol. The standard InChI is InChI=1S/C85H82N4/c1-56-14-30-67(31-15-56)86(68-32-16-57(2)17-33-68)73-40-24-61(6)79(50-73)82-53-76(43-27-64(82)9)89(77-44-28-65(10)83(54-77)80-51-74(41-25-62(80)7)87(69-34-18-58(3)19-35-69)70-36-20-59(4)21-37-70)78-45-29-66(11)84(55-78)81-52-75(42-26-63(81)8)88(71-38-22-60(5)23-39-71)72-46-48-85(12,13)49-47-72/h14-48,50-55H,49H2,1-13H3. The van der Waals surface area contributed by atoms with Crippen molar-refractivity contribution in [1.82, 2.24) is 0 Å². The summed E-state index contributed by atoms with van der Waals surface area (Å²) in [6, 6.07) is 86.5. The van der Waals surface area contributed by atoms with Crippen LogP contribution in [0.1, 0.15) is 81.5 Å². The van der Waals surface area contributed by atoms with E-state index in [4.69, 9.17) is 0 Å². The molecule has 0 spiro atoms. The van der Waals surface area contributed by atoms with E-state index in [9.17, 15) is 0 Å². The van der Waals surface area contributed by atoms with Crippen molar-refractivity contribution >= 4 is 62.6 Å². The van der Waals surface area contributed by atoms with E-state index in [0.717, 1.165) is 69.0 Å². The molecule has 0 heterocycles. The van der Waals surface area contributed by atoms with E-state index < -0.39 is 0 Å². The summed E-state index contributed by atoms with van der Waals surface area (Å²) in [6.07, 6.45) is 8.04. The summed E-state index contributed by atoms with van der Waals surface area (Å²) in [6.45, 7) is 28.9. The molecule has 0 amide bonds. The van der Waals surface area contributed by atoms with Crippen LogP contribution in [0.5, 0.6) is 0 Å². The fraction of sp³-hybridized carbons (Fsp3) is 0.176. The predicted octanol–water partition coefficient (Wildman–Crippen LogP) is 24.5. The zero-order chi connectivity index (χ0) is 62.3. The van der Waals surface area contributed by atoms with Crippen molar-refractivity contribution in [2.75, 3.05) is 19.6 Å². The predicted molar refractivity (Wildman–Crippen MR) is 383 cm³/mol. The van der Waals surface area contributed by atoms with Crippen LogP contribution in [0.2, 0.25) is 0 Å². The maximum Gasteiger partial charge on any atom is 0.0467 e. The highest BCUT2D eigenvalue weighted by Crippen LogP contribution is 2.47. The third-order valence-corrected chi connectivity index (χ3v) is 18.0. The van der Waals surface area contributed by atoms with Crippen LogP contribution in [-0.2, 0) is 0 Å². The van der Waals surface area contributed by atoms with Gasteiger partial charge in [-0.2, -0.15) is 0 Å². The summed E-state index contributed by atoms with van der Waals surface area (Å²) in [5.74, 6) is 0. The number of rotatable bonds is 15. The molecular weight excluding hydrogens is 1080 g/mol. The van der Waals surface area contributed by atoms with Crippen molar-refractivity contribution in [1.29, 1.82) is 0 Å². The van der Waals surface area contributed by atoms with Gasteiger partial charge in [0.15, 0.2) is 0 Å². The second-order valence-electron chi connectivity index (χ2n) is 25.7. The molecule has 0 saturated carbocycles. The first-order chi connectivity index (χ1) is 42.8. The molecule has 0 unspecified atom stereocenters. The molecule has 0 fully saturated rings. The largest absolute Gasteiger partial charge is 0.311 e. The fourth-order valence-electron chi connectivity index (χ4n) is 12.5. The van der Waals surface area contributed by atoms with Crippen molar-refractivity contribution in [3.8, 4) is 33.4 Å². The molecule has 11 aromatic carbocycles. The number of hydrogen-bond acceptors (Lipinski definition) is 4. The van der Waals surface area contributed by atoms with Gasteiger partial charge in [0, 0.05) is 68.3 Å². The van der Waals surface area contributed by atoms with Gasteiger partial charge >= 0.3 is 0 Å². The smallest absolute Gasteiger partial charge is 0.0467 e. The molecule has 0 N–H and O–H groups in total. The number of benzene rings is 11. The lowest BCUT2D eigenvalue weighted by Gasteiger charge is -2.32. The summed E-state index contributed by atoms with van der Waals surface area (Å²) in [5.41, 5.74) is 34.0. The van der Waals surface area contributed by atoms with Gasteiger partial charge in [0.2, 0.25) is 0 Å². The molecule has 4 heteroatoms. The van der Waals surface area contributed by atoms with Crippen LogP contribution >= 0.6 is 0 Å². The summed E-state index contributed by atoms with van der Waals surface area (Å²) in [4.78, 5) is 9.68. The molecule has 4 nitrogen and oxygen atoms in total. The number of hydrogen-bond donors (Lipinski definition) is 0. The van der Waals surface area contributed by atoms with Crippen molar-refractivity contribution in [2.45, 2.75) is 96.4 Å². The Bertz CT molecular complexity index is 4180. The van der Waals surface area contributed by atoms with Gasteiger partial charge in [0.25, 0.3) is 0 Å². The van der Waals surface area contributed by atoms with E-state index in [2.05, 4.69) is 358 Å². The normalized spacial score (nSPS) is 12.6. The number of aryl methyl sites for hydroxylation is 11. The monoisotopic (exact) mass is 1160 g/mol. The summed E-state index contributed by atoms with van der Waals surface area (Å²) in [7, 11) is 0. The maximum absolute atomic E-state index is 2.49. The zero-order valence-corrected chi connectivity index (χ0v) is 54.2. The molecule has 11 aromatic rings. The van der Waals surface area contributed by atoms with Crippen LogP contribution in [0.3, 0.4) is 0 Å². The van der Waals surface area contributed by atoms with E-state index in [1.54, 1.807) is 0 Å². The molecule has 12 rings (SSSR count). The number of nitrogens with zero attached hydrogens (tertiary/aromatic N) is 4. The lowest BCUT2D eigenvalue weighted by atomic mass is 9.85. The van der Waals surface area contributed by atoms with Crippen LogP contribution < -0.4 is 19.6 Å². The average Bonchev–Trinajstić information content (AvgIpc) is 2.40. The molecule has 89 heavy (non-hydrogen) atoms. The van der Waals surface area contributed by atoms with Crippen LogP contribution in [0.15, 0.2) is 254 Å². The van der Waals surface area contributed by atoms with Gasteiger partial charge in [0.05, 0.1) is 0 Å². The van der Waals surface area contributed by atoms with E-state index in [1.807, 2.05) is 0 Å². The van der Waals surface area contributed by atoms with Crippen molar-refractivity contribution in [2.24, 2.45) is 5.41 Å². The van der Waals surface area contributed by atoms with Gasteiger partial charge in [-0.1, -0.05) is 151 Å². The maximum atomic E-state index is 2.49. The Morgan fingerprint density at radius 1 is 0.236 bits per heavy atom. The summed E-state index contributed by atoms with van der Waals surface area (Å²) >= 11 is 0. The van der Waals surface area contributed by atoms with Gasteiger partial charge in [-0.15, -0.1) is 0 Å². The Morgan fingerprint density at radius 2 is 0.427 bits per heavy atom. The van der Waals surface area contributed by atoms with Gasteiger partial charge in [0.1, 0.15) is 0 Å². The Balaban J connectivity index is 1.03. The van der Waals surface area contributed by atoms with Crippen molar-refractivity contribution < 1.29 is 0 Å². The van der Waals surface area contributed by atoms with E-state index >= 15 is 0 Å². The molecule has 0 atom stereocenters. The molecule has 0 aromatic heterocycles. The minimum atomic E-state index is 0.0988. The highest BCUT2D eigenvalue weighted by molar-refractivity contribution is 5.90. The van der Waals surface area contributed by atoms with Gasteiger partial charge in [-0.25, -0.2) is 0 Å². The lowest BCUT2D eigenvalue weighted by molar-refractivity contribution is 0.481. The van der Waals surface area contributed by atoms with Gasteiger partial charge < -0.3 is 19.6 Å². The van der Waals surface area contributed by atoms with Crippen LogP contribution in [0.4, 0.5) is 62.6 Å². The molecule has 442 valence electrons. The van der Waals surface area contributed by atoms with Crippen molar-refractivity contribution in [3.05, 3.63) is 316 Å². The minimum absolute atomic E-state index is 0.0988. The van der Waals surface area contributed by atoms with Crippen LogP contribution in [0, 0.1) is 81.6 Å². The minimum Gasteiger partial charge on any atom is -0.311 e. The summed E-state index contributed by atoms with van der Waals surface area (Å²) in [5, 5.41) is 0. The Hall–Kier alpha value is -9.90. The molecule has 0 radical (unpaired) electrons. The Kier molecular flexibility index (Phi) is 16.5. The number of allylic oxidation sites excluding steroid dienone is 3. The summed E-state index contributed by atoms with van der Waals surface area (Å²) < 4.78 is 0. The molecule has 0 aliphatic heterocycles. The van der Waals surface area contributed by atoms with Crippen LogP contribution in [0.25, 0.3) is 33.4 Å². The molecule has 0 bridgehead atoms. The van der Waals surface area contributed by atoms with E-state index in [-0.39, 0.29) is 5.41 Å². The topological polar surface area (TPSA) is 13.0 Å². The highest BCUT2D eigenvalue weighted by Gasteiger charge is 2.25. The fourth-order valence-corrected chi connectivity index (χ4v) is 12.5. The first-order valence-corrected chi connectivity index (χ1v) is 31.4. The third kappa shape index (κ3) is 12.5. The quantitative estimate of drug-likeness (QED) is 0.101. The van der Waals surface area contributed by atoms with E-state index in [1.165, 1.54) is 100 Å². The zero-order valence-electron chi connectivity index (χ0n) is 54.2. The third-order valence-electron chi connectivity index (χ3n) is 18.0. The Morgan fingerprint density at radius 3 is 0.640 bits per heavy atom. The van der Waals surface area contributed by atoms with Gasteiger partial charge in [-0.05, 0) is 294 Å². The SMILES string of the molecule is Cc1ccc(N(C2=CCC(C)(C)C=C2)c2ccc(C)c(-c3cc(N(c4ccc(C)c(-c5cc(N(c6ccc(C)cc6)c6ccc(C)cc6)ccc5C)c4)c4ccc(C)c(-c5cc(N(c6ccc(C)cc6)c6ccc(C)cc6)ccc5C)c4)ccc3C)c2)cc1. The van der Waals surface area contributed by atoms with Crippen LogP contribution in [-0.4, -0.2) is 0 Å². The second-order valence-corrected chi connectivity index (χ2v) is 25.7. The van der Waals surface area contributed by atoms with Gasteiger partial charge in [-0.3, -0.25) is 0 Å². The lowest BCUT2D eigenvalue weighted by Crippen LogP contribution is -2.19. The molecular formula is C85H82N4. The van der Waals surface area contributed by atoms with E-state index in [0.29, 0.717) is 0 Å². The first kappa shape index (κ1) is 59.4. The highest BCUT2D eigenvalue weighted by atomic mass is 15.2. The molecule has 0 saturated heterocycles. The molecule has 1 aliphatic carbocycles. The number of anilines is 11. The Labute approximate surface area is 530 Å².